The van der Waals surface area contributed by atoms with E-state index in [4.69, 9.17) is 36.4 Å². The lowest BCUT2D eigenvalue weighted by atomic mass is 10.1. The second kappa shape index (κ2) is 23.1. The van der Waals surface area contributed by atoms with Gasteiger partial charge in [0.05, 0.1) is 50.5 Å². The summed E-state index contributed by atoms with van der Waals surface area (Å²) < 4.78 is 82.6. The van der Waals surface area contributed by atoms with Gasteiger partial charge in [-0.1, -0.05) is 73.6 Å². The first-order valence-corrected chi connectivity index (χ1v) is 33.0. The molecule has 4 aromatic heterocycles. The predicted octanol–water partition coefficient (Wildman–Crippen LogP) is 7.45. The lowest BCUT2D eigenvalue weighted by Crippen LogP contribution is -2.50. The molecule has 2 amide bonds. The predicted molar refractivity (Wildman–Crippen MR) is 282 cm³/mol. The molecule has 1 aromatic carbocycles. The Morgan fingerprint density at radius 2 is 1.50 bits per heavy atom. The molecule has 10 atom stereocenters. The maximum atomic E-state index is 15.5. The SMILES string of the molecule is CC(C)C(=O)Nc1nc2c(ncn2[C@@H]2O[C@H](CO)[C@@H](O[Si](C)(C)C(C)(C)C)[C@H]2OP(=O)(OCCC#N)OC[C@H]2O[C@@H](n3cnc4c(NC(=O)c5ccccc5)nccc43)[C@H](O[Si](C)(C)C(C)(C)C)[C@@H]2O[P+](=O)O)c(=O)[nH]1. The summed E-state index contributed by atoms with van der Waals surface area (Å²) >= 11 is 0. The minimum atomic E-state index is -5.02. The van der Waals surface area contributed by atoms with Crippen molar-refractivity contribution in [2.24, 2.45) is 5.92 Å². The lowest BCUT2D eigenvalue weighted by Gasteiger charge is -2.40. The van der Waals surface area contributed by atoms with Crippen molar-refractivity contribution in [3.8, 4) is 6.07 Å². The average Bonchev–Trinajstić information content (AvgIpc) is 4.12. The average molecular weight is 1130 g/mol. The van der Waals surface area contributed by atoms with Crippen LogP contribution in [0.25, 0.3) is 22.2 Å². The molecule has 2 unspecified atom stereocenters. The Morgan fingerprint density at radius 1 is 0.882 bits per heavy atom. The van der Waals surface area contributed by atoms with Gasteiger partial charge in [-0.2, -0.15) is 10.2 Å². The van der Waals surface area contributed by atoms with Crippen LogP contribution < -0.4 is 16.2 Å². The van der Waals surface area contributed by atoms with Crippen molar-refractivity contribution in [3.05, 3.63) is 71.2 Å². The number of aliphatic hydroxyl groups excluding tert-OH is 1. The molecule has 2 aliphatic heterocycles. The van der Waals surface area contributed by atoms with Gasteiger partial charge in [0, 0.05) is 22.2 Å². The van der Waals surface area contributed by atoms with Crippen LogP contribution in [0.3, 0.4) is 0 Å². The number of imidazole rings is 2. The van der Waals surface area contributed by atoms with Gasteiger partial charge in [-0.3, -0.25) is 42.8 Å². The first-order valence-electron chi connectivity index (χ1n) is 24.6. The summed E-state index contributed by atoms with van der Waals surface area (Å²) in [6, 6.07) is 12.1. The number of pyridine rings is 1. The molecule has 2 aliphatic rings. The van der Waals surface area contributed by atoms with Gasteiger partial charge in [0.15, 0.2) is 52.2 Å². The molecular formula is C47H67N10O15P2Si2+. The first kappa shape index (κ1) is 58.7. The third kappa shape index (κ3) is 12.8. The van der Waals surface area contributed by atoms with Crippen molar-refractivity contribution in [3.63, 3.8) is 0 Å². The van der Waals surface area contributed by atoms with Crippen LogP contribution in [0, 0.1) is 17.2 Å². The molecule has 6 heterocycles. The maximum Gasteiger partial charge on any atom is 0.695 e. The van der Waals surface area contributed by atoms with E-state index in [1.165, 1.54) is 23.4 Å². The Balaban J connectivity index is 1.29. The van der Waals surface area contributed by atoms with Gasteiger partial charge < -0.3 is 33.3 Å². The van der Waals surface area contributed by atoms with E-state index in [0.717, 1.165) is 0 Å². The largest absolute Gasteiger partial charge is 0.695 e. The van der Waals surface area contributed by atoms with Gasteiger partial charge in [0.1, 0.15) is 36.0 Å². The van der Waals surface area contributed by atoms with Crippen LogP contribution in [-0.2, 0) is 50.3 Å². The number of rotatable bonds is 21. The number of hydrogen-bond acceptors (Lipinski definition) is 19. The van der Waals surface area contributed by atoms with Crippen LogP contribution >= 0.6 is 16.1 Å². The van der Waals surface area contributed by atoms with E-state index in [1.54, 1.807) is 54.8 Å². The number of anilines is 2. The molecule has 0 radical (unpaired) electrons. The number of phosphoric acid groups is 1. The minimum absolute atomic E-state index is 0.0861. The number of fused-ring (bicyclic) bond motifs is 2. The Morgan fingerprint density at radius 3 is 2.12 bits per heavy atom. The molecule has 7 rings (SSSR count). The van der Waals surface area contributed by atoms with Crippen LogP contribution in [0.15, 0.2) is 60.0 Å². The highest BCUT2D eigenvalue weighted by molar-refractivity contribution is 7.48. The highest BCUT2D eigenvalue weighted by atomic mass is 31.2. The lowest BCUT2D eigenvalue weighted by molar-refractivity contribution is -0.118. The summed E-state index contributed by atoms with van der Waals surface area (Å²) in [5.41, 5.74) is 0.137. The standard InChI is InChI=1S/C47H66N10O15P2Si2/c1-27(2)40(59)54-45-53-39-33(42(61)55-45)51-26-57(39)43-36(35(30(23-58)67-43)71-75(9,10)46(3,4)5)70-74(64,65-22-16-20-48)66-24-31-34(69-73(62)63)37(72-76(11,12)47(6,7)8)44(68-31)56-25-50-32-29(56)19-21-49-38(32)52-41(60)28-17-14-13-15-18-28/h13-15,17-19,21,25-27,30-31,34-37,43-44,58H,16,22-24H2,1-12H3,(H3-,49,52,53,54,55,59,60,61,62,63)/p+1/t30-,31-,34-,35-,36-,37-,43-,44-,74?/m1/s1. The van der Waals surface area contributed by atoms with Crippen LogP contribution in [0.4, 0.5) is 11.8 Å². The minimum Gasteiger partial charge on any atom is -0.408 e. The zero-order chi connectivity index (χ0) is 55.7. The fourth-order valence-electron chi connectivity index (χ4n) is 7.86. The van der Waals surface area contributed by atoms with Gasteiger partial charge in [-0.25, -0.2) is 19.5 Å². The van der Waals surface area contributed by atoms with Crippen LogP contribution in [-0.4, -0.2) is 129 Å². The van der Waals surface area contributed by atoms with Gasteiger partial charge >= 0.3 is 16.1 Å². The van der Waals surface area contributed by atoms with Crippen molar-refractivity contribution < 1.29 is 65.1 Å². The van der Waals surface area contributed by atoms with E-state index in [9.17, 15) is 34.2 Å². The highest BCUT2D eigenvalue weighted by Crippen LogP contribution is 2.56. The number of aromatic amines is 1. The number of ether oxygens (including phenoxy) is 2. The number of nitriles is 1. The number of nitrogens with one attached hydrogen (secondary N) is 3. The van der Waals surface area contributed by atoms with Crippen molar-refractivity contribution >= 4 is 78.5 Å². The van der Waals surface area contributed by atoms with Gasteiger partial charge in [-0.05, 0) is 54.5 Å². The second-order valence-corrected chi connectivity index (χ2v) is 33.6. The van der Waals surface area contributed by atoms with Crippen LogP contribution in [0.1, 0.15) is 84.6 Å². The summed E-state index contributed by atoms with van der Waals surface area (Å²) in [6.45, 7) is 21.3. The van der Waals surface area contributed by atoms with E-state index in [1.807, 2.05) is 73.8 Å². The number of H-pyrrole nitrogens is 1. The summed E-state index contributed by atoms with van der Waals surface area (Å²) in [6.07, 6.45) is -6.53. The highest BCUT2D eigenvalue weighted by Gasteiger charge is 2.58. The van der Waals surface area contributed by atoms with Gasteiger partial charge in [0.25, 0.3) is 11.5 Å². The normalized spacial score (nSPS) is 23.5. The zero-order valence-electron chi connectivity index (χ0n) is 44.4. The monoisotopic (exact) mass is 1130 g/mol. The Labute approximate surface area is 442 Å². The van der Waals surface area contributed by atoms with Crippen molar-refractivity contribution in [2.75, 3.05) is 30.5 Å². The molecule has 5 aromatic rings. The summed E-state index contributed by atoms with van der Waals surface area (Å²) in [5.74, 6) is -1.40. The summed E-state index contributed by atoms with van der Waals surface area (Å²) in [7, 11) is -14.0. The number of benzene rings is 1. The zero-order valence-corrected chi connectivity index (χ0v) is 48.2. The van der Waals surface area contributed by atoms with E-state index in [2.05, 4.69) is 35.6 Å². The number of aromatic nitrogens is 7. The van der Waals surface area contributed by atoms with Crippen molar-refractivity contribution in [2.45, 2.75) is 147 Å². The number of hydrogen-bond donors (Lipinski definition) is 5. The molecule has 0 aliphatic carbocycles. The second-order valence-electron chi connectivity index (χ2n) is 21.7. The van der Waals surface area contributed by atoms with Crippen molar-refractivity contribution in [1.29, 1.82) is 5.26 Å². The Hall–Kier alpha value is -5.02. The topological polar surface area (TPSA) is 325 Å². The number of phosphoric ester groups is 1. The smallest absolute Gasteiger partial charge is 0.408 e. The summed E-state index contributed by atoms with van der Waals surface area (Å²) in [5, 5.41) is 25.1. The van der Waals surface area contributed by atoms with E-state index < -0.39 is 135 Å². The molecule has 76 heavy (non-hydrogen) atoms. The van der Waals surface area contributed by atoms with E-state index in [0.29, 0.717) is 11.1 Å². The quantitative estimate of drug-likeness (QED) is 0.0270. The van der Waals surface area contributed by atoms with Gasteiger partial charge in [0.2, 0.25) is 11.9 Å². The number of amides is 2. The van der Waals surface area contributed by atoms with E-state index >= 15 is 4.57 Å². The Bertz CT molecular complexity index is 3070. The maximum absolute atomic E-state index is 15.5. The molecular weight excluding hydrogens is 1060 g/mol. The fourth-order valence-corrected chi connectivity index (χ4v) is 12.3. The molecule has 412 valence electrons. The van der Waals surface area contributed by atoms with E-state index in [-0.39, 0.29) is 34.9 Å². The molecule has 29 heteroatoms. The van der Waals surface area contributed by atoms with Crippen molar-refractivity contribution in [1.82, 2.24) is 34.1 Å². The molecule has 0 saturated carbocycles. The number of carbonyl (C=O) groups excluding carboxylic acids is 2. The third-order valence-corrected chi connectivity index (χ3v) is 24.9. The molecule has 5 N–H and O–H groups in total. The summed E-state index contributed by atoms with van der Waals surface area (Å²) in [4.78, 5) is 70.1. The molecule has 0 spiro atoms. The molecule has 2 fully saturated rings. The first-order chi connectivity index (χ1) is 35.6. The number of carbonyl (C=O) groups is 2. The van der Waals surface area contributed by atoms with Crippen LogP contribution in [0.2, 0.25) is 36.3 Å². The van der Waals surface area contributed by atoms with Gasteiger partial charge in [-0.15, -0.1) is 9.42 Å². The Kier molecular flexibility index (Phi) is 17.9. The number of aliphatic hydroxyl groups is 1. The third-order valence-electron chi connectivity index (χ3n) is 14.1. The molecule has 2 saturated heterocycles. The number of nitrogens with zero attached hydrogens (tertiary/aromatic N) is 7. The fraction of sp³-hybridized carbons (Fsp3) is 0.574. The molecule has 0 bridgehead atoms. The molecule has 25 nitrogen and oxygen atoms in total. The van der Waals surface area contributed by atoms with Crippen LogP contribution in [0.5, 0.6) is 0 Å².